The second-order valence-corrected chi connectivity index (χ2v) is 5.75. The minimum absolute atomic E-state index is 0.162. The van der Waals surface area contributed by atoms with Gasteiger partial charge in [-0.15, -0.1) is 0 Å². The molecule has 0 radical (unpaired) electrons. The van der Waals surface area contributed by atoms with Gasteiger partial charge >= 0.3 is 5.69 Å². The lowest BCUT2D eigenvalue weighted by molar-refractivity contribution is -0.386. The summed E-state index contributed by atoms with van der Waals surface area (Å²) in [6.45, 7) is 0.693. The highest BCUT2D eigenvalue weighted by atomic mass is 32.2. The van der Waals surface area contributed by atoms with Crippen LogP contribution in [-0.4, -0.2) is 32.7 Å². The van der Waals surface area contributed by atoms with E-state index in [1.807, 2.05) is 0 Å². The normalized spacial score (nSPS) is 11.7. The number of hydrogen-bond donors (Lipinski definition) is 2. The first-order chi connectivity index (χ1) is 8.88. The number of benzene rings is 1. The summed E-state index contributed by atoms with van der Waals surface area (Å²) in [5.41, 5.74) is 4.99. The van der Waals surface area contributed by atoms with Crippen molar-refractivity contribution >= 4 is 21.2 Å². The third-order valence-electron chi connectivity index (χ3n) is 2.29. The highest BCUT2D eigenvalue weighted by molar-refractivity contribution is 7.90. The Bertz CT molecular complexity index is 596. The molecule has 0 saturated heterocycles. The molecule has 104 valence electrons. The number of nitrogens with two attached hydrogens (primary N) is 1. The van der Waals surface area contributed by atoms with Crippen molar-refractivity contribution < 1.29 is 13.3 Å². The number of para-hydroxylation sites is 1. The van der Waals surface area contributed by atoms with Gasteiger partial charge in [-0.2, -0.15) is 0 Å². The molecule has 0 fully saturated rings. The van der Waals surface area contributed by atoms with Gasteiger partial charge in [0.1, 0.15) is 10.6 Å². The molecule has 0 aliphatic heterocycles. The number of nitro groups is 1. The Morgan fingerprint density at radius 2 is 2.11 bits per heavy atom. The Labute approximate surface area is 111 Å². The molecule has 19 heavy (non-hydrogen) atoms. The largest absolute Gasteiger partial charge is 0.376 e. The van der Waals surface area contributed by atoms with E-state index in [-0.39, 0.29) is 10.6 Å². The smallest absolute Gasteiger partial charge is 0.310 e. The Kier molecular flexibility index (Phi) is 5.02. The zero-order chi connectivity index (χ0) is 14.5. The second kappa shape index (κ2) is 6.30. The van der Waals surface area contributed by atoms with Crippen LogP contribution in [-0.2, 0) is 9.84 Å². The van der Waals surface area contributed by atoms with Crippen LogP contribution >= 0.6 is 0 Å². The van der Waals surface area contributed by atoms with Crippen molar-refractivity contribution in [2.24, 2.45) is 5.73 Å². The highest BCUT2D eigenvalue weighted by Gasteiger charge is 2.25. The van der Waals surface area contributed by atoms with Gasteiger partial charge in [-0.25, -0.2) is 8.42 Å². The number of nitrogens with one attached hydrogen (secondary N) is 1. The lowest BCUT2D eigenvalue weighted by Crippen LogP contribution is -2.08. The molecule has 1 aromatic carbocycles. The minimum atomic E-state index is -3.66. The van der Waals surface area contributed by atoms with Crippen molar-refractivity contribution in [2.45, 2.75) is 4.90 Å². The topological polar surface area (TPSA) is 115 Å². The van der Waals surface area contributed by atoms with Gasteiger partial charge in [0.2, 0.25) is 0 Å². The number of nitro benzene ring substituents is 1. The summed E-state index contributed by atoms with van der Waals surface area (Å²) in [7, 11) is -3.66. The fourth-order valence-corrected chi connectivity index (χ4v) is 2.36. The summed E-state index contributed by atoms with van der Waals surface area (Å²) in [4.78, 5) is 10.0. The van der Waals surface area contributed by atoms with Gasteiger partial charge in [-0.1, -0.05) is 18.2 Å². The van der Waals surface area contributed by atoms with Crippen molar-refractivity contribution in [3.63, 3.8) is 0 Å². The van der Waals surface area contributed by atoms with Gasteiger partial charge < -0.3 is 11.1 Å². The number of sulfone groups is 1. The molecule has 3 N–H and O–H groups in total. The quantitative estimate of drug-likeness (QED) is 0.456. The molecular formula is C11H15N3O4S. The lowest BCUT2D eigenvalue weighted by Gasteiger charge is -2.07. The average molecular weight is 285 g/mol. The predicted octanol–water partition coefficient (Wildman–Crippen LogP) is 0.925. The molecular weight excluding hydrogens is 270 g/mol. The predicted molar refractivity (Wildman–Crippen MR) is 72.9 cm³/mol. The van der Waals surface area contributed by atoms with Gasteiger partial charge in [-0.05, 0) is 12.1 Å². The monoisotopic (exact) mass is 285 g/mol. The van der Waals surface area contributed by atoms with Crippen LogP contribution < -0.4 is 11.1 Å². The van der Waals surface area contributed by atoms with E-state index in [1.165, 1.54) is 18.2 Å². The fraction of sp³-hybridized carbons (Fsp3) is 0.273. The van der Waals surface area contributed by atoms with Crippen LogP contribution in [0.15, 0.2) is 35.2 Å². The van der Waals surface area contributed by atoms with Crippen LogP contribution in [0, 0.1) is 10.1 Å². The van der Waals surface area contributed by atoms with Crippen LogP contribution in [0.2, 0.25) is 0 Å². The molecule has 8 heteroatoms. The van der Waals surface area contributed by atoms with E-state index in [1.54, 1.807) is 12.2 Å². The molecule has 0 atom stereocenters. The number of anilines is 1. The molecule has 0 aromatic heterocycles. The third kappa shape index (κ3) is 4.04. The van der Waals surface area contributed by atoms with Crippen LogP contribution in [0.3, 0.4) is 0 Å². The SMILES string of the molecule is CS(=O)(=O)c1cccc(NC/C=C/CN)c1[N+](=O)[O-]. The van der Waals surface area contributed by atoms with Gasteiger partial charge in [0.25, 0.3) is 0 Å². The number of nitrogens with zero attached hydrogens (tertiary/aromatic N) is 1. The zero-order valence-corrected chi connectivity index (χ0v) is 11.2. The molecule has 1 rings (SSSR count). The van der Waals surface area contributed by atoms with Gasteiger partial charge in [0, 0.05) is 19.3 Å². The maximum absolute atomic E-state index is 11.5. The second-order valence-electron chi connectivity index (χ2n) is 3.77. The van der Waals surface area contributed by atoms with E-state index in [2.05, 4.69) is 5.32 Å². The standard InChI is InChI=1S/C11H15N3O4S/c1-19(17,18)10-6-4-5-9(11(10)14(15)16)13-8-3-2-7-12/h2-6,13H,7-8,12H2,1H3/b3-2+. The lowest BCUT2D eigenvalue weighted by atomic mass is 10.2. The van der Waals surface area contributed by atoms with Gasteiger partial charge in [0.05, 0.1) is 4.92 Å². The molecule has 0 unspecified atom stereocenters. The summed E-state index contributed by atoms with van der Waals surface area (Å²) in [6.07, 6.45) is 4.34. The Morgan fingerprint density at radius 1 is 1.42 bits per heavy atom. The molecule has 1 aromatic rings. The zero-order valence-electron chi connectivity index (χ0n) is 10.4. The van der Waals surface area contributed by atoms with E-state index in [0.717, 1.165) is 6.26 Å². The molecule has 0 amide bonds. The Morgan fingerprint density at radius 3 is 2.63 bits per heavy atom. The van der Waals surface area contributed by atoms with Crippen molar-refractivity contribution in [2.75, 3.05) is 24.7 Å². The molecule has 0 aliphatic carbocycles. The summed E-state index contributed by atoms with van der Waals surface area (Å²) in [5, 5.41) is 13.8. The minimum Gasteiger partial charge on any atom is -0.376 e. The summed E-state index contributed by atoms with van der Waals surface area (Å²) in [6, 6.07) is 4.13. The van der Waals surface area contributed by atoms with E-state index in [9.17, 15) is 18.5 Å². The fourth-order valence-electron chi connectivity index (χ4n) is 1.50. The molecule has 0 saturated carbocycles. The maximum atomic E-state index is 11.5. The first kappa shape index (κ1) is 15.1. The van der Waals surface area contributed by atoms with Crippen molar-refractivity contribution in [3.8, 4) is 0 Å². The highest BCUT2D eigenvalue weighted by Crippen LogP contribution is 2.31. The van der Waals surface area contributed by atoms with Crippen LogP contribution in [0.1, 0.15) is 0 Å². The maximum Gasteiger partial charge on any atom is 0.310 e. The first-order valence-corrected chi connectivity index (χ1v) is 7.33. The van der Waals surface area contributed by atoms with E-state index < -0.39 is 20.4 Å². The van der Waals surface area contributed by atoms with Crippen molar-refractivity contribution in [3.05, 3.63) is 40.5 Å². The van der Waals surface area contributed by atoms with Crippen molar-refractivity contribution in [1.29, 1.82) is 0 Å². The summed E-state index contributed by atoms with van der Waals surface area (Å²) >= 11 is 0. The third-order valence-corrected chi connectivity index (χ3v) is 3.42. The molecule has 0 heterocycles. The molecule has 0 spiro atoms. The molecule has 0 bridgehead atoms. The average Bonchev–Trinajstić information content (AvgIpc) is 2.33. The molecule has 7 nitrogen and oxygen atoms in total. The Hall–Kier alpha value is -1.93. The molecule has 0 aliphatic rings. The van der Waals surface area contributed by atoms with Crippen LogP contribution in [0.4, 0.5) is 11.4 Å². The number of hydrogen-bond acceptors (Lipinski definition) is 6. The van der Waals surface area contributed by atoms with Crippen molar-refractivity contribution in [1.82, 2.24) is 0 Å². The van der Waals surface area contributed by atoms with Crippen LogP contribution in [0.5, 0.6) is 0 Å². The summed E-state index contributed by atoms with van der Waals surface area (Å²) < 4.78 is 23.0. The van der Waals surface area contributed by atoms with E-state index >= 15 is 0 Å². The van der Waals surface area contributed by atoms with E-state index in [0.29, 0.717) is 13.1 Å². The first-order valence-electron chi connectivity index (χ1n) is 5.44. The van der Waals surface area contributed by atoms with Gasteiger partial charge in [-0.3, -0.25) is 10.1 Å². The van der Waals surface area contributed by atoms with Crippen LogP contribution in [0.25, 0.3) is 0 Å². The van der Waals surface area contributed by atoms with E-state index in [4.69, 9.17) is 5.73 Å². The Balaban J connectivity index is 3.18. The summed E-state index contributed by atoms with van der Waals surface area (Å²) in [5.74, 6) is 0. The van der Waals surface area contributed by atoms with Gasteiger partial charge in [0.15, 0.2) is 9.84 Å². The number of rotatable bonds is 6.